The van der Waals surface area contributed by atoms with E-state index >= 15 is 0 Å². The first-order chi connectivity index (χ1) is 10.5. The van der Waals surface area contributed by atoms with Crippen molar-refractivity contribution in [3.05, 3.63) is 29.3 Å². The van der Waals surface area contributed by atoms with Crippen molar-refractivity contribution in [3.8, 4) is 0 Å². The Labute approximate surface area is 128 Å². The lowest BCUT2D eigenvalue weighted by Gasteiger charge is -2.30. The number of piperidine rings is 1. The van der Waals surface area contributed by atoms with E-state index < -0.39 is 5.97 Å². The van der Waals surface area contributed by atoms with E-state index in [0.29, 0.717) is 44.3 Å². The van der Waals surface area contributed by atoms with E-state index in [1.54, 1.807) is 17.0 Å². The van der Waals surface area contributed by atoms with E-state index in [1.165, 1.54) is 0 Å². The molecule has 0 saturated carbocycles. The number of aryl methyl sites for hydroxylation is 1. The van der Waals surface area contributed by atoms with Gasteiger partial charge in [-0.25, -0.2) is 0 Å². The molecule has 0 radical (unpaired) electrons. The lowest BCUT2D eigenvalue weighted by Crippen LogP contribution is -2.40. The molecule has 1 fully saturated rings. The van der Waals surface area contributed by atoms with Crippen molar-refractivity contribution in [1.82, 2.24) is 4.90 Å². The summed E-state index contributed by atoms with van der Waals surface area (Å²) < 4.78 is 0. The number of carboxylic acids is 1. The van der Waals surface area contributed by atoms with Crippen LogP contribution in [0.5, 0.6) is 0 Å². The van der Waals surface area contributed by atoms with Crippen LogP contribution in [0.25, 0.3) is 0 Å². The number of likely N-dealkylation sites (tertiary alicyclic amines) is 1. The van der Waals surface area contributed by atoms with E-state index in [9.17, 15) is 14.4 Å². The van der Waals surface area contributed by atoms with Gasteiger partial charge in [0, 0.05) is 30.8 Å². The lowest BCUT2D eigenvalue weighted by atomic mass is 9.96. The fourth-order valence-electron chi connectivity index (χ4n) is 3.03. The van der Waals surface area contributed by atoms with E-state index in [0.717, 1.165) is 11.3 Å². The standard InChI is InChI=1S/C16H18N2O4/c19-14-4-2-11-9-12(1-3-13(11)17-14)15(20)18-7-5-10(6-8-18)16(21)22/h1,3,9-10H,2,4-8H2,(H,17,19)(H,21,22). The summed E-state index contributed by atoms with van der Waals surface area (Å²) >= 11 is 0. The largest absolute Gasteiger partial charge is 0.481 e. The zero-order valence-corrected chi connectivity index (χ0v) is 12.2. The Bertz CT molecular complexity index is 633. The fourth-order valence-corrected chi connectivity index (χ4v) is 3.03. The monoisotopic (exact) mass is 302 g/mol. The minimum absolute atomic E-state index is 0.00215. The second-order valence-electron chi connectivity index (χ2n) is 5.82. The number of anilines is 1. The molecule has 2 N–H and O–H groups in total. The second kappa shape index (κ2) is 5.79. The van der Waals surface area contributed by atoms with Gasteiger partial charge in [-0.1, -0.05) is 0 Å². The Morgan fingerprint density at radius 2 is 1.91 bits per heavy atom. The van der Waals surface area contributed by atoms with Crippen molar-refractivity contribution in [1.29, 1.82) is 0 Å². The van der Waals surface area contributed by atoms with Crippen molar-refractivity contribution < 1.29 is 19.5 Å². The van der Waals surface area contributed by atoms with Gasteiger partial charge in [0.15, 0.2) is 0 Å². The molecule has 0 unspecified atom stereocenters. The van der Waals surface area contributed by atoms with Crippen LogP contribution in [0.15, 0.2) is 18.2 Å². The highest BCUT2D eigenvalue weighted by molar-refractivity contribution is 5.98. The molecule has 2 amide bonds. The Kier molecular flexibility index (Phi) is 3.83. The van der Waals surface area contributed by atoms with Gasteiger partial charge < -0.3 is 15.3 Å². The molecular weight excluding hydrogens is 284 g/mol. The van der Waals surface area contributed by atoms with Crippen molar-refractivity contribution in [3.63, 3.8) is 0 Å². The number of carboxylic acid groups (broad SMARTS) is 1. The van der Waals surface area contributed by atoms with Crippen LogP contribution in [0.2, 0.25) is 0 Å². The van der Waals surface area contributed by atoms with Crippen LogP contribution in [0.1, 0.15) is 35.2 Å². The molecule has 2 heterocycles. The van der Waals surface area contributed by atoms with Crippen LogP contribution in [0, 0.1) is 5.92 Å². The molecule has 0 aliphatic carbocycles. The summed E-state index contributed by atoms with van der Waals surface area (Å²) in [4.78, 5) is 36.5. The topological polar surface area (TPSA) is 86.7 Å². The van der Waals surface area contributed by atoms with Crippen LogP contribution in [0.4, 0.5) is 5.69 Å². The first-order valence-corrected chi connectivity index (χ1v) is 7.49. The highest BCUT2D eigenvalue weighted by atomic mass is 16.4. The molecule has 0 aromatic heterocycles. The predicted octanol–water partition coefficient (Wildman–Crippen LogP) is 1.51. The van der Waals surface area contributed by atoms with Crippen LogP contribution >= 0.6 is 0 Å². The molecule has 1 aromatic carbocycles. The third-order valence-electron chi connectivity index (χ3n) is 4.38. The molecule has 6 nitrogen and oxygen atoms in total. The van der Waals surface area contributed by atoms with Gasteiger partial charge >= 0.3 is 5.97 Å². The van der Waals surface area contributed by atoms with Crippen molar-refractivity contribution >= 4 is 23.5 Å². The zero-order valence-electron chi connectivity index (χ0n) is 12.2. The van der Waals surface area contributed by atoms with Gasteiger partial charge in [-0.15, -0.1) is 0 Å². The number of carbonyl (C=O) groups is 3. The number of benzene rings is 1. The van der Waals surface area contributed by atoms with E-state index in [-0.39, 0.29) is 17.7 Å². The van der Waals surface area contributed by atoms with Gasteiger partial charge in [0.2, 0.25) is 5.91 Å². The average Bonchev–Trinajstić information content (AvgIpc) is 2.53. The molecule has 2 aliphatic rings. The molecule has 116 valence electrons. The molecule has 0 spiro atoms. The van der Waals surface area contributed by atoms with E-state index in [2.05, 4.69) is 5.32 Å². The van der Waals surface area contributed by atoms with E-state index in [1.807, 2.05) is 6.07 Å². The first kappa shape index (κ1) is 14.6. The van der Waals surface area contributed by atoms with Gasteiger partial charge in [0.05, 0.1) is 5.92 Å². The van der Waals surface area contributed by atoms with Gasteiger partial charge in [-0.3, -0.25) is 14.4 Å². The summed E-state index contributed by atoms with van der Waals surface area (Å²) in [5, 5.41) is 11.8. The van der Waals surface area contributed by atoms with Gasteiger partial charge in [-0.2, -0.15) is 0 Å². The number of amides is 2. The summed E-state index contributed by atoms with van der Waals surface area (Å²) in [5.41, 5.74) is 2.35. The average molecular weight is 302 g/mol. The molecule has 3 rings (SSSR count). The van der Waals surface area contributed by atoms with Gasteiger partial charge in [-0.05, 0) is 43.0 Å². The number of hydrogen-bond donors (Lipinski definition) is 2. The minimum Gasteiger partial charge on any atom is -0.481 e. The van der Waals surface area contributed by atoms with Crippen LogP contribution in [-0.2, 0) is 16.0 Å². The summed E-state index contributed by atoms with van der Waals surface area (Å²) in [7, 11) is 0. The number of hydrogen-bond acceptors (Lipinski definition) is 3. The fraction of sp³-hybridized carbons (Fsp3) is 0.438. The molecule has 0 bridgehead atoms. The highest BCUT2D eigenvalue weighted by Gasteiger charge is 2.28. The third kappa shape index (κ3) is 2.81. The second-order valence-corrected chi connectivity index (χ2v) is 5.82. The molecule has 0 atom stereocenters. The molecule has 22 heavy (non-hydrogen) atoms. The molecule has 2 aliphatic heterocycles. The van der Waals surface area contributed by atoms with Crippen LogP contribution in [-0.4, -0.2) is 40.9 Å². The summed E-state index contributed by atoms with van der Waals surface area (Å²) in [5.74, 6) is -1.19. The minimum atomic E-state index is -0.781. The lowest BCUT2D eigenvalue weighted by molar-refractivity contribution is -0.143. The Morgan fingerprint density at radius 3 is 2.59 bits per heavy atom. The maximum atomic E-state index is 12.5. The SMILES string of the molecule is O=C1CCc2cc(C(=O)N3CCC(C(=O)O)CC3)ccc2N1. The number of nitrogens with zero attached hydrogens (tertiary/aromatic N) is 1. The van der Waals surface area contributed by atoms with Crippen LogP contribution in [0.3, 0.4) is 0 Å². The molecule has 6 heteroatoms. The Hall–Kier alpha value is -2.37. The maximum Gasteiger partial charge on any atom is 0.306 e. The smallest absolute Gasteiger partial charge is 0.306 e. The number of aliphatic carboxylic acids is 1. The van der Waals surface area contributed by atoms with E-state index in [4.69, 9.17) is 5.11 Å². The molecular formula is C16H18N2O4. The van der Waals surface area contributed by atoms with Crippen molar-refractivity contribution in [2.75, 3.05) is 18.4 Å². The first-order valence-electron chi connectivity index (χ1n) is 7.49. The van der Waals surface area contributed by atoms with Gasteiger partial charge in [0.25, 0.3) is 5.91 Å². The summed E-state index contributed by atoms with van der Waals surface area (Å²) in [6.45, 7) is 0.952. The number of carbonyl (C=O) groups excluding carboxylic acids is 2. The normalized spacial score (nSPS) is 18.5. The molecule has 1 aromatic rings. The number of nitrogens with one attached hydrogen (secondary N) is 1. The molecule has 1 saturated heterocycles. The quantitative estimate of drug-likeness (QED) is 0.867. The van der Waals surface area contributed by atoms with Gasteiger partial charge in [0.1, 0.15) is 0 Å². The van der Waals surface area contributed by atoms with Crippen molar-refractivity contribution in [2.45, 2.75) is 25.7 Å². The van der Waals surface area contributed by atoms with Crippen LogP contribution < -0.4 is 5.32 Å². The summed E-state index contributed by atoms with van der Waals surface area (Å²) in [6.07, 6.45) is 2.09. The number of rotatable bonds is 2. The maximum absolute atomic E-state index is 12.5. The number of fused-ring (bicyclic) bond motifs is 1. The third-order valence-corrected chi connectivity index (χ3v) is 4.38. The highest BCUT2D eigenvalue weighted by Crippen LogP contribution is 2.25. The van der Waals surface area contributed by atoms with Crippen molar-refractivity contribution in [2.24, 2.45) is 5.92 Å². The predicted molar refractivity (Wildman–Crippen MR) is 79.7 cm³/mol. The zero-order chi connectivity index (χ0) is 15.7. The Morgan fingerprint density at radius 1 is 1.18 bits per heavy atom. The Balaban J connectivity index is 1.71. The summed E-state index contributed by atoms with van der Waals surface area (Å²) in [6, 6.07) is 5.32.